The molecule has 1 aliphatic rings. The zero-order valence-corrected chi connectivity index (χ0v) is 16.2. The maximum absolute atomic E-state index is 12.3. The van der Waals surface area contributed by atoms with Crippen LogP contribution < -0.4 is 10.1 Å². The third-order valence-corrected chi connectivity index (χ3v) is 5.15. The van der Waals surface area contributed by atoms with Crippen molar-refractivity contribution >= 4 is 23.4 Å². The molecule has 0 spiro atoms. The summed E-state index contributed by atoms with van der Waals surface area (Å²) in [7, 11) is 0. The number of benzene rings is 2. The Kier molecular flexibility index (Phi) is 6.76. The number of likely N-dealkylation sites (tertiary alicyclic amines) is 1. The van der Waals surface area contributed by atoms with Crippen molar-refractivity contribution < 1.29 is 19.4 Å². The lowest BCUT2D eigenvalue weighted by atomic mass is 9.96. The van der Waals surface area contributed by atoms with Crippen LogP contribution in [0.1, 0.15) is 23.2 Å². The minimum absolute atomic E-state index is 0.0357. The number of ether oxygens (including phenoxy) is 1. The third-order valence-electron chi connectivity index (χ3n) is 4.84. The first kappa shape index (κ1) is 20.0. The molecule has 1 heterocycles. The average molecular weight is 403 g/mol. The molecule has 2 N–H and O–H groups in total. The largest absolute Gasteiger partial charge is 0.508 e. The van der Waals surface area contributed by atoms with Gasteiger partial charge >= 0.3 is 0 Å². The van der Waals surface area contributed by atoms with E-state index in [9.17, 15) is 14.7 Å². The minimum Gasteiger partial charge on any atom is -0.508 e. The van der Waals surface area contributed by atoms with Gasteiger partial charge in [-0.1, -0.05) is 23.7 Å². The van der Waals surface area contributed by atoms with Gasteiger partial charge in [0.05, 0.1) is 5.02 Å². The number of halogens is 1. The van der Waals surface area contributed by atoms with E-state index in [2.05, 4.69) is 5.32 Å². The molecule has 2 aromatic carbocycles. The third kappa shape index (κ3) is 5.39. The molecule has 2 aromatic rings. The number of nitrogens with zero attached hydrogens (tertiary/aromatic N) is 1. The van der Waals surface area contributed by atoms with Crippen molar-refractivity contribution in [2.75, 3.05) is 26.2 Å². The number of piperidine rings is 1. The van der Waals surface area contributed by atoms with E-state index in [1.165, 1.54) is 12.1 Å². The monoisotopic (exact) mass is 402 g/mol. The Balaban J connectivity index is 1.39. The number of phenolic OH excluding ortho intramolecular Hbond substituents is 1. The lowest BCUT2D eigenvalue weighted by Crippen LogP contribution is -2.43. The van der Waals surface area contributed by atoms with Gasteiger partial charge in [-0.3, -0.25) is 9.59 Å². The molecular formula is C21H23ClN2O4. The highest BCUT2D eigenvalue weighted by atomic mass is 35.5. The van der Waals surface area contributed by atoms with Gasteiger partial charge in [-0.25, -0.2) is 0 Å². The summed E-state index contributed by atoms with van der Waals surface area (Å²) in [6, 6.07) is 13.2. The number of carbonyl (C=O) groups is 2. The van der Waals surface area contributed by atoms with E-state index in [1.54, 1.807) is 29.2 Å². The molecule has 0 bridgehead atoms. The van der Waals surface area contributed by atoms with E-state index >= 15 is 0 Å². The van der Waals surface area contributed by atoms with Gasteiger partial charge in [0.2, 0.25) is 0 Å². The number of rotatable bonds is 6. The number of phenols is 1. The summed E-state index contributed by atoms with van der Waals surface area (Å²) in [6.07, 6.45) is 1.65. The van der Waals surface area contributed by atoms with Crippen molar-refractivity contribution in [3.63, 3.8) is 0 Å². The van der Waals surface area contributed by atoms with E-state index < -0.39 is 0 Å². The average Bonchev–Trinajstić information content (AvgIpc) is 2.72. The second-order valence-corrected chi connectivity index (χ2v) is 7.21. The Bertz CT molecular complexity index is 817. The van der Waals surface area contributed by atoms with Crippen LogP contribution in [0.5, 0.6) is 11.5 Å². The smallest absolute Gasteiger partial charge is 0.260 e. The van der Waals surface area contributed by atoms with Crippen LogP contribution in [0.2, 0.25) is 5.02 Å². The van der Waals surface area contributed by atoms with Crippen molar-refractivity contribution in [1.82, 2.24) is 10.2 Å². The molecule has 2 amide bonds. The predicted octanol–water partition coefficient (Wildman–Crippen LogP) is 3.09. The van der Waals surface area contributed by atoms with Gasteiger partial charge in [-0.2, -0.15) is 0 Å². The molecule has 3 rings (SSSR count). The second kappa shape index (κ2) is 9.46. The lowest BCUT2D eigenvalue weighted by molar-refractivity contribution is -0.134. The number of para-hydroxylation sites is 1. The van der Waals surface area contributed by atoms with Crippen molar-refractivity contribution in [2.45, 2.75) is 12.8 Å². The summed E-state index contributed by atoms with van der Waals surface area (Å²) < 4.78 is 5.52. The first-order chi connectivity index (χ1) is 13.5. The second-order valence-electron chi connectivity index (χ2n) is 6.80. The molecule has 148 valence electrons. The van der Waals surface area contributed by atoms with E-state index in [1.807, 2.05) is 12.1 Å². The summed E-state index contributed by atoms with van der Waals surface area (Å²) in [4.78, 5) is 26.3. The zero-order valence-electron chi connectivity index (χ0n) is 15.4. The topological polar surface area (TPSA) is 78.9 Å². The fourth-order valence-electron chi connectivity index (χ4n) is 3.13. The van der Waals surface area contributed by atoms with Gasteiger partial charge in [-0.05, 0) is 55.2 Å². The molecule has 0 aliphatic carbocycles. The normalized spacial score (nSPS) is 14.5. The van der Waals surface area contributed by atoms with Crippen LogP contribution in [0.25, 0.3) is 0 Å². The molecule has 0 radical (unpaired) electrons. The highest BCUT2D eigenvalue weighted by Gasteiger charge is 2.23. The van der Waals surface area contributed by atoms with Crippen LogP contribution in [-0.4, -0.2) is 48.1 Å². The predicted molar refractivity (Wildman–Crippen MR) is 107 cm³/mol. The standard InChI is InChI=1S/C21H23ClN2O4/c22-18-3-1-2-4-19(18)28-14-20(26)24-11-9-15(10-12-24)13-23-21(27)16-5-7-17(25)8-6-16/h1-8,15,25H,9-14H2,(H,23,27). The van der Waals surface area contributed by atoms with Crippen molar-refractivity contribution in [1.29, 1.82) is 0 Å². The zero-order chi connectivity index (χ0) is 19.9. The SMILES string of the molecule is O=C(NCC1CCN(C(=O)COc2ccccc2Cl)CC1)c1ccc(O)cc1. The molecule has 0 unspecified atom stereocenters. The van der Waals surface area contributed by atoms with Crippen LogP contribution in [0.15, 0.2) is 48.5 Å². The quantitative estimate of drug-likeness (QED) is 0.778. The molecule has 0 saturated carbocycles. The molecule has 6 nitrogen and oxygen atoms in total. The number of nitrogens with one attached hydrogen (secondary N) is 1. The van der Waals surface area contributed by atoms with Crippen LogP contribution >= 0.6 is 11.6 Å². The minimum atomic E-state index is -0.161. The van der Waals surface area contributed by atoms with Crippen molar-refractivity contribution in [3.05, 3.63) is 59.1 Å². The molecule has 1 fully saturated rings. The first-order valence-electron chi connectivity index (χ1n) is 9.25. The number of hydrogen-bond acceptors (Lipinski definition) is 4. The van der Waals surface area contributed by atoms with Gasteiger partial charge in [0.1, 0.15) is 11.5 Å². The van der Waals surface area contributed by atoms with Gasteiger partial charge in [-0.15, -0.1) is 0 Å². The van der Waals surface area contributed by atoms with E-state index in [0.717, 1.165) is 12.8 Å². The summed E-state index contributed by atoms with van der Waals surface area (Å²) in [5, 5.41) is 12.7. The van der Waals surface area contributed by atoms with E-state index in [4.69, 9.17) is 16.3 Å². The molecule has 28 heavy (non-hydrogen) atoms. The van der Waals surface area contributed by atoms with Gasteiger partial charge in [0.15, 0.2) is 6.61 Å². The van der Waals surface area contributed by atoms with Crippen molar-refractivity contribution in [2.24, 2.45) is 5.92 Å². The Morgan fingerprint density at radius 2 is 1.79 bits per heavy atom. The van der Waals surface area contributed by atoms with Crippen LogP contribution in [0.4, 0.5) is 0 Å². The summed E-state index contributed by atoms with van der Waals surface area (Å²) in [5.74, 6) is 0.740. The van der Waals surface area contributed by atoms with Crippen LogP contribution in [0.3, 0.4) is 0 Å². The molecule has 1 saturated heterocycles. The molecule has 7 heteroatoms. The maximum Gasteiger partial charge on any atom is 0.260 e. The fraction of sp³-hybridized carbons (Fsp3) is 0.333. The fourth-order valence-corrected chi connectivity index (χ4v) is 3.32. The van der Waals surface area contributed by atoms with Gasteiger partial charge in [0.25, 0.3) is 11.8 Å². The Hall–Kier alpha value is -2.73. The Labute approximate surface area is 169 Å². The summed E-state index contributed by atoms with van der Waals surface area (Å²) in [5.41, 5.74) is 0.516. The number of amides is 2. The van der Waals surface area contributed by atoms with Crippen LogP contribution in [0, 0.1) is 5.92 Å². The highest BCUT2D eigenvalue weighted by Crippen LogP contribution is 2.23. The van der Waals surface area contributed by atoms with Gasteiger partial charge in [0, 0.05) is 25.2 Å². The summed E-state index contributed by atoms with van der Waals surface area (Å²) >= 11 is 6.03. The van der Waals surface area contributed by atoms with E-state index in [0.29, 0.717) is 41.9 Å². The Morgan fingerprint density at radius 3 is 2.46 bits per heavy atom. The number of carbonyl (C=O) groups excluding carboxylic acids is 2. The highest BCUT2D eigenvalue weighted by molar-refractivity contribution is 6.32. The van der Waals surface area contributed by atoms with E-state index in [-0.39, 0.29) is 24.2 Å². The summed E-state index contributed by atoms with van der Waals surface area (Å²) in [6.45, 7) is 1.82. The van der Waals surface area contributed by atoms with Crippen LogP contribution in [-0.2, 0) is 4.79 Å². The molecule has 1 aliphatic heterocycles. The lowest BCUT2D eigenvalue weighted by Gasteiger charge is -2.32. The van der Waals surface area contributed by atoms with Gasteiger partial charge < -0.3 is 20.1 Å². The maximum atomic E-state index is 12.3. The Morgan fingerprint density at radius 1 is 1.11 bits per heavy atom. The van der Waals surface area contributed by atoms with Crippen molar-refractivity contribution in [3.8, 4) is 11.5 Å². The molecule has 0 aromatic heterocycles. The molecule has 0 atom stereocenters. The number of aromatic hydroxyl groups is 1. The first-order valence-corrected chi connectivity index (χ1v) is 9.63. The number of hydrogen-bond donors (Lipinski definition) is 2. The molecular weight excluding hydrogens is 380 g/mol.